The number of nitrogens with zero attached hydrogens (tertiary/aromatic N) is 3. The molecule has 0 saturated heterocycles. The van der Waals surface area contributed by atoms with Gasteiger partial charge in [0.25, 0.3) is 0 Å². The Morgan fingerprint density at radius 3 is 2.03 bits per heavy atom. The van der Waals surface area contributed by atoms with Crippen LogP contribution in [0.15, 0.2) is 210 Å². The second-order valence-corrected chi connectivity index (χ2v) is 17.9. The predicted octanol–water partition coefficient (Wildman–Crippen LogP) is 14.2. The fourth-order valence-electron chi connectivity index (χ4n) is 11.3. The average molecular weight is 799 g/mol. The Kier molecular flexibility index (Phi) is 6.84. The third kappa shape index (κ3) is 4.41. The van der Waals surface area contributed by atoms with E-state index in [-0.39, 0.29) is 6.17 Å². The van der Waals surface area contributed by atoms with Gasteiger partial charge >= 0.3 is 0 Å². The van der Waals surface area contributed by atoms with Gasteiger partial charge in [-0.2, -0.15) is 0 Å². The molecule has 2 unspecified atom stereocenters. The second-order valence-electron chi connectivity index (χ2n) is 16.8. The summed E-state index contributed by atoms with van der Waals surface area (Å²) < 4.78 is 5.01. The van der Waals surface area contributed by atoms with E-state index >= 15 is 0 Å². The summed E-state index contributed by atoms with van der Waals surface area (Å²) in [5, 5.41) is 8.97. The van der Waals surface area contributed by atoms with E-state index in [4.69, 9.17) is 0 Å². The highest BCUT2D eigenvalue weighted by molar-refractivity contribution is 7.99. The molecule has 10 aromatic rings. The molecule has 2 atom stereocenters. The molecule has 1 spiro atoms. The molecular weight excluding hydrogens is 761 g/mol. The van der Waals surface area contributed by atoms with Crippen molar-refractivity contribution in [3.63, 3.8) is 0 Å². The van der Waals surface area contributed by atoms with Crippen molar-refractivity contribution >= 4 is 66.7 Å². The van der Waals surface area contributed by atoms with Crippen LogP contribution in [0.3, 0.4) is 0 Å². The van der Waals surface area contributed by atoms with Gasteiger partial charge in [0.05, 0.1) is 44.5 Å². The highest BCUT2D eigenvalue weighted by Crippen LogP contribution is 2.61. The van der Waals surface area contributed by atoms with Gasteiger partial charge < -0.3 is 19.4 Å². The van der Waals surface area contributed by atoms with Crippen molar-refractivity contribution in [2.75, 3.05) is 10.2 Å². The number of anilines is 2. The van der Waals surface area contributed by atoms with Crippen molar-refractivity contribution in [3.8, 4) is 11.4 Å². The standard InChI is InChI=1S/C56H38N4S/c1-2-15-36(16-3-1)59-50-27-12-8-23-46(50)57-55(59)35-29-31-37(32-30-35)58-47-24-9-5-18-39(47)41-33-45-53(34-51(41)58)61-52-28-13-7-21-43(52)56(45)42-20-6-11-26-49(42)60-48-25-10-4-17-38(48)40-19-14-22-44(56)54(40)60/h2,4-34,55,57H,1,3H2. The van der Waals surface area contributed by atoms with Crippen molar-refractivity contribution in [3.05, 3.63) is 228 Å². The third-order valence-corrected chi connectivity index (χ3v) is 14.9. The molecule has 8 aromatic carbocycles. The summed E-state index contributed by atoms with van der Waals surface area (Å²) >= 11 is 1.91. The summed E-state index contributed by atoms with van der Waals surface area (Å²) in [7, 11) is 0. The number of hydrogen-bond donors (Lipinski definition) is 1. The van der Waals surface area contributed by atoms with Crippen LogP contribution in [0.1, 0.15) is 46.8 Å². The number of benzene rings is 8. The Morgan fingerprint density at radius 2 is 1.20 bits per heavy atom. The lowest BCUT2D eigenvalue weighted by Crippen LogP contribution is -2.37. The molecule has 1 N–H and O–H groups in total. The minimum absolute atomic E-state index is 0.000185. The van der Waals surface area contributed by atoms with Gasteiger partial charge in [0.2, 0.25) is 0 Å². The Morgan fingerprint density at radius 1 is 0.508 bits per heavy atom. The number of nitrogens with one attached hydrogen (secondary N) is 1. The molecule has 61 heavy (non-hydrogen) atoms. The first-order chi connectivity index (χ1) is 30.3. The second kappa shape index (κ2) is 12.4. The van der Waals surface area contributed by atoms with Gasteiger partial charge in [0.1, 0.15) is 6.17 Å². The van der Waals surface area contributed by atoms with Crippen LogP contribution in [0.4, 0.5) is 11.4 Å². The van der Waals surface area contributed by atoms with Crippen LogP contribution in [0.25, 0.3) is 55.0 Å². The summed E-state index contributed by atoms with van der Waals surface area (Å²) in [6.07, 6.45) is 9.10. The van der Waals surface area contributed by atoms with Crippen LogP contribution in [-0.2, 0) is 5.41 Å². The summed E-state index contributed by atoms with van der Waals surface area (Å²) in [4.78, 5) is 5.05. The normalized spacial score (nSPS) is 18.3. The lowest BCUT2D eigenvalue weighted by Gasteiger charge is -2.45. The van der Waals surface area contributed by atoms with Gasteiger partial charge in [0.15, 0.2) is 0 Å². The number of hydrogen-bond acceptors (Lipinski definition) is 3. The van der Waals surface area contributed by atoms with Crippen molar-refractivity contribution in [1.82, 2.24) is 9.13 Å². The lowest BCUT2D eigenvalue weighted by atomic mass is 9.62. The van der Waals surface area contributed by atoms with E-state index in [2.05, 4.69) is 214 Å². The number of para-hydroxylation sites is 6. The molecule has 4 nitrogen and oxygen atoms in total. The molecule has 5 heterocycles. The molecule has 0 bridgehead atoms. The minimum Gasteiger partial charge on any atom is -0.359 e. The zero-order chi connectivity index (χ0) is 39.8. The summed E-state index contributed by atoms with van der Waals surface area (Å²) in [5.41, 5.74) is 17.1. The zero-order valence-corrected chi connectivity index (χ0v) is 34.0. The van der Waals surface area contributed by atoms with Crippen molar-refractivity contribution in [1.29, 1.82) is 0 Å². The Labute approximate surface area is 357 Å². The summed E-state index contributed by atoms with van der Waals surface area (Å²) in [6, 6.07) is 66.2. The monoisotopic (exact) mass is 798 g/mol. The van der Waals surface area contributed by atoms with Gasteiger partial charge in [-0.3, -0.25) is 0 Å². The molecule has 4 aliphatic rings. The highest BCUT2D eigenvalue weighted by Gasteiger charge is 2.49. The maximum atomic E-state index is 3.85. The minimum atomic E-state index is -0.530. The smallest absolute Gasteiger partial charge is 0.130 e. The Hall–Kier alpha value is -7.21. The number of aromatic nitrogens is 2. The van der Waals surface area contributed by atoms with E-state index in [1.54, 1.807) is 0 Å². The molecule has 0 amide bonds. The van der Waals surface area contributed by atoms with E-state index < -0.39 is 5.41 Å². The number of fused-ring (bicyclic) bond motifs is 15. The van der Waals surface area contributed by atoms with Gasteiger partial charge in [-0.25, -0.2) is 0 Å². The first-order valence-corrected chi connectivity index (χ1v) is 22.2. The van der Waals surface area contributed by atoms with E-state index in [1.165, 1.54) is 104 Å². The van der Waals surface area contributed by atoms with Crippen molar-refractivity contribution < 1.29 is 0 Å². The van der Waals surface area contributed by atoms with Crippen molar-refractivity contribution in [2.45, 2.75) is 34.2 Å². The first-order valence-electron chi connectivity index (χ1n) is 21.4. The van der Waals surface area contributed by atoms with E-state index in [1.807, 2.05) is 11.8 Å². The molecule has 5 heteroatoms. The maximum absolute atomic E-state index is 3.85. The molecule has 0 radical (unpaired) electrons. The zero-order valence-electron chi connectivity index (χ0n) is 33.2. The van der Waals surface area contributed by atoms with Gasteiger partial charge in [-0.1, -0.05) is 139 Å². The number of rotatable bonds is 3. The van der Waals surface area contributed by atoms with Crippen LogP contribution >= 0.6 is 11.8 Å². The van der Waals surface area contributed by atoms with Crippen LogP contribution in [0.2, 0.25) is 0 Å². The lowest BCUT2D eigenvalue weighted by molar-refractivity contribution is 0.691. The third-order valence-electron chi connectivity index (χ3n) is 13.8. The molecular formula is C56H38N4S. The van der Waals surface area contributed by atoms with Gasteiger partial charge in [-0.05, 0) is 107 Å². The van der Waals surface area contributed by atoms with Crippen LogP contribution in [0.5, 0.6) is 0 Å². The molecule has 0 fully saturated rings. The molecule has 1 aliphatic carbocycles. The Balaban J connectivity index is 0.997. The average Bonchev–Trinajstić information content (AvgIpc) is 3.99. The molecule has 14 rings (SSSR count). The molecule has 288 valence electrons. The fourth-order valence-corrected chi connectivity index (χ4v) is 12.5. The van der Waals surface area contributed by atoms with Gasteiger partial charge in [-0.15, -0.1) is 0 Å². The quantitative estimate of drug-likeness (QED) is 0.193. The van der Waals surface area contributed by atoms with E-state index in [0.717, 1.165) is 18.5 Å². The Bertz CT molecular complexity index is 3570. The number of allylic oxidation sites excluding steroid dienone is 3. The van der Waals surface area contributed by atoms with Crippen LogP contribution in [-0.4, -0.2) is 9.13 Å². The predicted molar refractivity (Wildman–Crippen MR) is 253 cm³/mol. The first kappa shape index (κ1) is 33.6. The SMILES string of the molecule is C1=CC(N2c3ccccc3NC2c2ccc(-n3c4ccccc4c4cc5c(cc43)Sc3ccccc3C53c4ccccc4-n4c5ccccc5c5cccc3c54)cc2)=CCC1. The van der Waals surface area contributed by atoms with Crippen molar-refractivity contribution in [2.24, 2.45) is 0 Å². The van der Waals surface area contributed by atoms with E-state index in [9.17, 15) is 0 Å². The molecule has 0 saturated carbocycles. The maximum Gasteiger partial charge on any atom is 0.130 e. The summed E-state index contributed by atoms with van der Waals surface area (Å²) in [6.45, 7) is 0. The molecule has 3 aliphatic heterocycles. The largest absolute Gasteiger partial charge is 0.359 e. The van der Waals surface area contributed by atoms with Crippen LogP contribution < -0.4 is 10.2 Å². The fraction of sp³-hybridized carbons (Fsp3) is 0.0714. The molecule has 2 aromatic heterocycles. The van der Waals surface area contributed by atoms with Crippen LogP contribution in [0, 0.1) is 0 Å². The summed E-state index contributed by atoms with van der Waals surface area (Å²) in [5.74, 6) is 0. The highest BCUT2D eigenvalue weighted by atomic mass is 32.2. The topological polar surface area (TPSA) is 25.1 Å². The van der Waals surface area contributed by atoms with E-state index in [0.29, 0.717) is 0 Å². The van der Waals surface area contributed by atoms with Gasteiger partial charge in [0, 0.05) is 42.7 Å².